The minimum atomic E-state index is 0.106. The lowest BCUT2D eigenvalue weighted by molar-refractivity contribution is -0.129. The van der Waals surface area contributed by atoms with Gasteiger partial charge in [0, 0.05) is 18.5 Å². The Morgan fingerprint density at radius 3 is 2.58 bits per heavy atom. The molecule has 1 saturated heterocycles. The standard InChI is InChI=1S/C16H23NO2/c17-13-4-6-14(7-5-13)19-15-8-11-18-16(12-15)9-2-1-3-10-16/h4-7,15H,1-3,8-12,17H2. The van der Waals surface area contributed by atoms with E-state index in [9.17, 15) is 0 Å². The molecule has 2 fully saturated rings. The van der Waals surface area contributed by atoms with E-state index in [4.69, 9.17) is 15.2 Å². The zero-order valence-corrected chi connectivity index (χ0v) is 11.4. The zero-order valence-electron chi connectivity index (χ0n) is 11.4. The Morgan fingerprint density at radius 1 is 1.11 bits per heavy atom. The van der Waals surface area contributed by atoms with Crippen LogP contribution < -0.4 is 10.5 Å². The summed E-state index contributed by atoms with van der Waals surface area (Å²) in [6, 6.07) is 7.70. The van der Waals surface area contributed by atoms with Crippen LogP contribution in [0.5, 0.6) is 5.75 Å². The highest BCUT2D eigenvalue weighted by Gasteiger charge is 2.39. The smallest absolute Gasteiger partial charge is 0.119 e. The molecule has 0 radical (unpaired) electrons. The molecule has 1 aliphatic carbocycles. The molecule has 3 rings (SSSR count). The van der Waals surface area contributed by atoms with Crippen LogP contribution in [0.1, 0.15) is 44.9 Å². The molecule has 1 atom stereocenters. The Balaban J connectivity index is 1.63. The minimum absolute atomic E-state index is 0.106. The van der Waals surface area contributed by atoms with Crippen molar-refractivity contribution >= 4 is 5.69 Å². The van der Waals surface area contributed by atoms with E-state index in [1.807, 2.05) is 24.3 Å². The number of hydrogen-bond donors (Lipinski definition) is 1. The van der Waals surface area contributed by atoms with E-state index in [1.165, 1.54) is 32.1 Å². The van der Waals surface area contributed by atoms with Crippen LogP contribution in [-0.4, -0.2) is 18.3 Å². The first-order valence-electron chi connectivity index (χ1n) is 7.42. The second-order valence-electron chi connectivity index (χ2n) is 5.89. The number of rotatable bonds is 2. The lowest BCUT2D eigenvalue weighted by Gasteiger charge is -2.43. The SMILES string of the molecule is Nc1ccc(OC2CCOC3(CCCCC3)C2)cc1. The molecule has 1 aromatic rings. The van der Waals surface area contributed by atoms with Gasteiger partial charge in [0.25, 0.3) is 0 Å². The third-order valence-corrected chi connectivity index (χ3v) is 4.40. The fraction of sp³-hybridized carbons (Fsp3) is 0.625. The first kappa shape index (κ1) is 12.8. The maximum atomic E-state index is 6.10. The van der Waals surface area contributed by atoms with Gasteiger partial charge in [0.2, 0.25) is 0 Å². The minimum Gasteiger partial charge on any atom is -0.490 e. The van der Waals surface area contributed by atoms with Gasteiger partial charge < -0.3 is 15.2 Å². The Bertz CT molecular complexity index is 404. The summed E-state index contributed by atoms with van der Waals surface area (Å²) in [5.74, 6) is 0.923. The Morgan fingerprint density at radius 2 is 1.84 bits per heavy atom. The van der Waals surface area contributed by atoms with Crippen LogP contribution in [0.25, 0.3) is 0 Å². The van der Waals surface area contributed by atoms with Gasteiger partial charge in [0.05, 0.1) is 12.2 Å². The molecule has 0 amide bonds. The number of hydrogen-bond acceptors (Lipinski definition) is 3. The van der Waals surface area contributed by atoms with Crippen molar-refractivity contribution < 1.29 is 9.47 Å². The van der Waals surface area contributed by atoms with E-state index < -0.39 is 0 Å². The van der Waals surface area contributed by atoms with Crippen LogP contribution in [0, 0.1) is 0 Å². The molecule has 1 aliphatic heterocycles. The molecule has 0 bridgehead atoms. The Labute approximate surface area is 115 Å². The van der Waals surface area contributed by atoms with Crippen molar-refractivity contribution in [3.05, 3.63) is 24.3 Å². The van der Waals surface area contributed by atoms with Gasteiger partial charge in [-0.1, -0.05) is 19.3 Å². The highest BCUT2D eigenvalue weighted by atomic mass is 16.5. The number of ether oxygens (including phenoxy) is 2. The summed E-state index contributed by atoms with van der Waals surface area (Å²) in [4.78, 5) is 0. The van der Waals surface area contributed by atoms with Crippen molar-refractivity contribution in [2.75, 3.05) is 12.3 Å². The fourth-order valence-corrected chi connectivity index (χ4v) is 3.37. The van der Waals surface area contributed by atoms with Gasteiger partial charge in [0.1, 0.15) is 11.9 Å². The van der Waals surface area contributed by atoms with Crippen molar-refractivity contribution in [3.8, 4) is 5.75 Å². The van der Waals surface area contributed by atoms with E-state index >= 15 is 0 Å². The van der Waals surface area contributed by atoms with Crippen LogP contribution in [-0.2, 0) is 4.74 Å². The molecule has 1 saturated carbocycles. The van der Waals surface area contributed by atoms with Gasteiger partial charge in [-0.05, 0) is 37.1 Å². The van der Waals surface area contributed by atoms with Gasteiger partial charge in [0.15, 0.2) is 0 Å². The van der Waals surface area contributed by atoms with Gasteiger partial charge >= 0.3 is 0 Å². The lowest BCUT2D eigenvalue weighted by Crippen LogP contribution is -2.45. The largest absolute Gasteiger partial charge is 0.490 e. The predicted molar refractivity (Wildman–Crippen MR) is 76.3 cm³/mol. The first-order valence-corrected chi connectivity index (χ1v) is 7.42. The summed E-state index contributed by atoms with van der Waals surface area (Å²) >= 11 is 0. The van der Waals surface area contributed by atoms with Crippen molar-refractivity contribution in [2.45, 2.75) is 56.7 Å². The van der Waals surface area contributed by atoms with Crippen LogP contribution >= 0.6 is 0 Å². The third-order valence-electron chi connectivity index (χ3n) is 4.40. The summed E-state index contributed by atoms with van der Waals surface area (Å²) in [5.41, 5.74) is 6.58. The van der Waals surface area contributed by atoms with Gasteiger partial charge in [-0.3, -0.25) is 0 Å². The average molecular weight is 261 g/mol. The molecule has 0 aromatic heterocycles. The topological polar surface area (TPSA) is 44.5 Å². The molecule has 1 aromatic carbocycles. The molecule has 1 spiro atoms. The average Bonchev–Trinajstić information content (AvgIpc) is 2.42. The quantitative estimate of drug-likeness (QED) is 0.828. The lowest BCUT2D eigenvalue weighted by atomic mass is 9.79. The third kappa shape index (κ3) is 3.03. The second kappa shape index (κ2) is 5.41. The van der Waals surface area contributed by atoms with E-state index in [0.29, 0.717) is 0 Å². The number of nitrogens with two attached hydrogens (primary N) is 1. The summed E-state index contributed by atoms with van der Waals surface area (Å²) in [5, 5.41) is 0. The first-order chi connectivity index (χ1) is 9.26. The summed E-state index contributed by atoms with van der Waals surface area (Å²) in [7, 11) is 0. The molecule has 3 nitrogen and oxygen atoms in total. The molecular formula is C16H23NO2. The van der Waals surface area contributed by atoms with E-state index in [0.717, 1.165) is 30.9 Å². The molecule has 104 valence electrons. The Hall–Kier alpha value is -1.22. The predicted octanol–water partition coefficient (Wildman–Crippen LogP) is 3.53. The normalized spacial score (nSPS) is 26.2. The van der Waals surface area contributed by atoms with Gasteiger partial charge in [-0.25, -0.2) is 0 Å². The van der Waals surface area contributed by atoms with E-state index in [1.54, 1.807) is 0 Å². The maximum absolute atomic E-state index is 6.10. The van der Waals surface area contributed by atoms with Crippen molar-refractivity contribution in [2.24, 2.45) is 0 Å². The number of anilines is 1. The molecule has 2 aliphatic rings. The van der Waals surface area contributed by atoms with Crippen molar-refractivity contribution in [1.82, 2.24) is 0 Å². The summed E-state index contributed by atoms with van der Waals surface area (Å²) in [6.07, 6.45) is 8.68. The molecular weight excluding hydrogens is 238 g/mol. The molecule has 1 heterocycles. The van der Waals surface area contributed by atoms with Crippen LogP contribution in [0.3, 0.4) is 0 Å². The van der Waals surface area contributed by atoms with Gasteiger partial charge in [-0.15, -0.1) is 0 Å². The number of nitrogen functional groups attached to an aromatic ring is 1. The van der Waals surface area contributed by atoms with Crippen LogP contribution in [0.4, 0.5) is 5.69 Å². The van der Waals surface area contributed by atoms with Gasteiger partial charge in [-0.2, -0.15) is 0 Å². The monoisotopic (exact) mass is 261 g/mol. The van der Waals surface area contributed by atoms with Crippen LogP contribution in [0.15, 0.2) is 24.3 Å². The molecule has 3 heteroatoms. The van der Waals surface area contributed by atoms with Crippen LogP contribution in [0.2, 0.25) is 0 Å². The van der Waals surface area contributed by atoms with E-state index in [-0.39, 0.29) is 11.7 Å². The van der Waals surface area contributed by atoms with Crippen molar-refractivity contribution in [1.29, 1.82) is 0 Å². The molecule has 19 heavy (non-hydrogen) atoms. The maximum Gasteiger partial charge on any atom is 0.119 e. The van der Waals surface area contributed by atoms with Crippen molar-refractivity contribution in [3.63, 3.8) is 0 Å². The number of benzene rings is 1. The summed E-state index contributed by atoms with van der Waals surface area (Å²) in [6.45, 7) is 0.833. The highest BCUT2D eigenvalue weighted by molar-refractivity contribution is 5.41. The molecule has 1 unspecified atom stereocenters. The second-order valence-corrected chi connectivity index (χ2v) is 5.89. The zero-order chi connectivity index (χ0) is 13.1. The summed E-state index contributed by atoms with van der Waals surface area (Å²) < 4.78 is 12.2. The Kier molecular flexibility index (Phi) is 3.65. The highest BCUT2D eigenvalue weighted by Crippen LogP contribution is 2.39. The fourth-order valence-electron chi connectivity index (χ4n) is 3.37. The van der Waals surface area contributed by atoms with E-state index in [2.05, 4.69) is 0 Å². The molecule has 2 N–H and O–H groups in total.